The smallest absolute Gasteiger partial charge is 0.355 e. The van der Waals surface area contributed by atoms with Gasteiger partial charge in [-0.25, -0.2) is 14.4 Å². The first-order chi connectivity index (χ1) is 17.9. The number of carbonyl (C=O) groups is 3. The second-order valence-corrected chi connectivity index (χ2v) is 8.48. The summed E-state index contributed by atoms with van der Waals surface area (Å²) in [6.45, 7) is 0. The van der Waals surface area contributed by atoms with Crippen molar-refractivity contribution in [3.05, 3.63) is 82.3 Å². The minimum absolute atomic E-state index is 0.0279. The fourth-order valence-corrected chi connectivity index (χ4v) is 4.29. The third kappa shape index (κ3) is 4.71. The van der Waals surface area contributed by atoms with Crippen molar-refractivity contribution in [3.63, 3.8) is 0 Å². The van der Waals surface area contributed by atoms with Crippen LogP contribution in [0.3, 0.4) is 0 Å². The van der Waals surface area contributed by atoms with Crippen molar-refractivity contribution in [1.82, 2.24) is 0 Å². The van der Waals surface area contributed by atoms with Crippen LogP contribution in [0.1, 0.15) is 34.7 Å². The molecule has 10 nitrogen and oxygen atoms in total. The van der Waals surface area contributed by atoms with Gasteiger partial charge in [-0.1, -0.05) is 30.3 Å². The summed E-state index contributed by atoms with van der Waals surface area (Å²) in [6, 6.07) is 15.8. The van der Waals surface area contributed by atoms with Gasteiger partial charge in [-0.3, -0.25) is 4.90 Å². The van der Waals surface area contributed by atoms with E-state index < -0.39 is 23.8 Å². The van der Waals surface area contributed by atoms with E-state index in [0.29, 0.717) is 11.3 Å². The topological polar surface area (TPSA) is 144 Å². The SMILES string of the molecule is COC(=O)C1=C(C(=O)OC)N(c2cc(C(=O)OC)ccc2NC2CC2)C(N)=C(C#N)C1c1ccccc1. The zero-order chi connectivity index (χ0) is 26.7. The van der Waals surface area contributed by atoms with Crippen molar-refractivity contribution in [1.29, 1.82) is 5.26 Å². The molecule has 10 heteroatoms. The predicted molar refractivity (Wildman–Crippen MR) is 134 cm³/mol. The molecule has 1 unspecified atom stereocenters. The Morgan fingerprint density at radius 3 is 2.19 bits per heavy atom. The van der Waals surface area contributed by atoms with E-state index in [-0.39, 0.29) is 40.0 Å². The van der Waals surface area contributed by atoms with E-state index in [1.807, 2.05) is 0 Å². The van der Waals surface area contributed by atoms with Crippen LogP contribution in [-0.2, 0) is 23.8 Å². The normalized spacial score (nSPS) is 17.1. The number of benzene rings is 2. The van der Waals surface area contributed by atoms with Gasteiger partial charge in [-0.05, 0) is 36.6 Å². The summed E-state index contributed by atoms with van der Waals surface area (Å²) in [6.07, 6.45) is 1.88. The van der Waals surface area contributed by atoms with Gasteiger partial charge < -0.3 is 25.3 Å². The molecule has 0 saturated heterocycles. The van der Waals surface area contributed by atoms with Crippen LogP contribution in [0.2, 0.25) is 0 Å². The molecule has 1 heterocycles. The summed E-state index contributed by atoms with van der Waals surface area (Å²) in [5.74, 6) is -3.40. The number of nitrogens with zero attached hydrogens (tertiary/aromatic N) is 2. The zero-order valence-corrected chi connectivity index (χ0v) is 20.6. The number of anilines is 2. The number of nitriles is 1. The lowest BCUT2D eigenvalue weighted by molar-refractivity contribution is -0.139. The molecule has 1 saturated carbocycles. The average Bonchev–Trinajstić information content (AvgIpc) is 3.75. The highest BCUT2D eigenvalue weighted by Gasteiger charge is 2.43. The molecule has 0 spiro atoms. The quantitative estimate of drug-likeness (QED) is 0.428. The number of ether oxygens (including phenoxy) is 3. The second-order valence-electron chi connectivity index (χ2n) is 8.48. The number of esters is 3. The molecular weight excluding hydrogens is 476 g/mol. The van der Waals surface area contributed by atoms with Crippen LogP contribution in [0.5, 0.6) is 0 Å². The molecular formula is C27H26N4O6. The molecule has 1 atom stereocenters. The highest BCUT2D eigenvalue weighted by Crippen LogP contribution is 2.45. The summed E-state index contributed by atoms with van der Waals surface area (Å²) in [5, 5.41) is 13.6. The fraction of sp³-hybridized carbons (Fsp3) is 0.259. The number of allylic oxidation sites excluding steroid dienone is 1. The van der Waals surface area contributed by atoms with Gasteiger partial charge >= 0.3 is 17.9 Å². The first kappa shape index (κ1) is 25.3. The first-order valence-corrected chi connectivity index (χ1v) is 11.5. The van der Waals surface area contributed by atoms with Crippen molar-refractivity contribution in [2.45, 2.75) is 24.8 Å². The highest BCUT2D eigenvalue weighted by atomic mass is 16.5. The van der Waals surface area contributed by atoms with Gasteiger partial charge in [0.05, 0.1) is 61.4 Å². The van der Waals surface area contributed by atoms with Gasteiger partial charge in [-0.15, -0.1) is 0 Å². The van der Waals surface area contributed by atoms with Gasteiger partial charge in [0.2, 0.25) is 0 Å². The Morgan fingerprint density at radius 2 is 1.62 bits per heavy atom. The molecule has 0 amide bonds. The number of methoxy groups -OCH3 is 3. The van der Waals surface area contributed by atoms with Crippen molar-refractivity contribution in [3.8, 4) is 6.07 Å². The molecule has 1 aliphatic heterocycles. The maximum absolute atomic E-state index is 13.3. The molecule has 2 aliphatic rings. The third-order valence-electron chi connectivity index (χ3n) is 6.21. The van der Waals surface area contributed by atoms with Crippen molar-refractivity contribution in [2.24, 2.45) is 5.73 Å². The molecule has 1 aliphatic carbocycles. The molecule has 37 heavy (non-hydrogen) atoms. The van der Waals surface area contributed by atoms with Gasteiger partial charge in [0.15, 0.2) is 0 Å². The Labute approximate surface area is 213 Å². The molecule has 2 aromatic carbocycles. The molecule has 3 N–H and O–H groups in total. The average molecular weight is 503 g/mol. The van der Waals surface area contributed by atoms with E-state index in [4.69, 9.17) is 19.9 Å². The number of hydrogen-bond acceptors (Lipinski definition) is 10. The van der Waals surface area contributed by atoms with Gasteiger partial charge in [-0.2, -0.15) is 5.26 Å². The summed E-state index contributed by atoms with van der Waals surface area (Å²) in [7, 11) is 3.61. The van der Waals surface area contributed by atoms with E-state index in [9.17, 15) is 19.6 Å². The van der Waals surface area contributed by atoms with Crippen LogP contribution in [0.15, 0.2) is 71.2 Å². The number of hydrogen-bond donors (Lipinski definition) is 2. The fourth-order valence-electron chi connectivity index (χ4n) is 4.29. The van der Waals surface area contributed by atoms with E-state index in [0.717, 1.165) is 12.8 Å². The Kier molecular flexibility index (Phi) is 7.15. The Balaban J connectivity index is 2.07. The molecule has 0 aromatic heterocycles. The summed E-state index contributed by atoms with van der Waals surface area (Å²) in [4.78, 5) is 40.2. The van der Waals surface area contributed by atoms with Crippen LogP contribution >= 0.6 is 0 Å². The minimum atomic E-state index is -0.993. The van der Waals surface area contributed by atoms with Crippen LogP contribution < -0.4 is 16.0 Å². The maximum atomic E-state index is 13.3. The zero-order valence-electron chi connectivity index (χ0n) is 20.6. The van der Waals surface area contributed by atoms with Gasteiger partial charge in [0, 0.05) is 6.04 Å². The van der Waals surface area contributed by atoms with Crippen LogP contribution in [0.25, 0.3) is 0 Å². The first-order valence-electron chi connectivity index (χ1n) is 11.5. The molecule has 0 bridgehead atoms. The molecule has 4 rings (SSSR count). The summed E-state index contributed by atoms with van der Waals surface area (Å²) in [5.41, 5.74) is 7.84. The predicted octanol–water partition coefficient (Wildman–Crippen LogP) is 2.95. The number of nitrogens with one attached hydrogen (secondary N) is 1. The molecule has 190 valence electrons. The van der Waals surface area contributed by atoms with Crippen molar-refractivity contribution < 1.29 is 28.6 Å². The van der Waals surface area contributed by atoms with Crippen molar-refractivity contribution in [2.75, 3.05) is 31.5 Å². The standard InChI is InChI=1S/C27H26N4O6/c1-35-25(32)16-9-12-19(30-17-10-11-17)20(13-16)31-23(27(34)37-3)22(26(33)36-2)21(18(14-28)24(31)29)15-7-5-4-6-8-15/h4-9,12-13,17,21,30H,10-11,29H2,1-3H3. The van der Waals surface area contributed by atoms with Crippen LogP contribution in [0, 0.1) is 11.3 Å². The number of carbonyl (C=O) groups excluding carboxylic acids is 3. The van der Waals surface area contributed by atoms with Gasteiger partial charge in [0.1, 0.15) is 11.5 Å². The summed E-state index contributed by atoms with van der Waals surface area (Å²) >= 11 is 0. The second kappa shape index (κ2) is 10.5. The lowest BCUT2D eigenvalue weighted by Crippen LogP contribution is -2.41. The van der Waals surface area contributed by atoms with Gasteiger partial charge in [0.25, 0.3) is 0 Å². The van der Waals surface area contributed by atoms with E-state index in [2.05, 4.69) is 11.4 Å². The minimum Gasteiger partial charge on any atom is -0.466 e. The molecule has 1 fully saturated rings. The summed E-state index contributed by atoms with van der Waals surface area (Å²) < 4.78 is 15.0. The number of nitrogens with two attached hydrogens (primary N) is 1. The monoisotopic (exact) mass is 502 g/mol. The van der Waals surface area contributed by atoms with E-state index >= 15 is 0 Å². The maximum Gasteiger partial charge on any atom is 0.355 e. The van der Waals surface area contributed by atoms with E-state index in [1.165, 1.54) is 32.3 Å². The lowest BCUT2D eigenvalue weighted by atomic mass is 9.81. The Hall–Kier alpha value is -4.78. The highest BCUT2D eigenvalue weighted by molar-refractivity contribution is 6.07. The molecule has 0 radical (unpaired) electrons. The van der Waals surface area contributed by atoms with Crippen molar-refractivity contribution >= 4 is 29.3 Å². The van der Waals surface area contributed by atoms with Crippen LogP contribution in [-0.4, -0.2) is 45.3 Å². The lowest BCUT2D eigenvalue weighted by Gasteiger charge is -2.36. The van der Waals surface area contributed by atoms with Crippen LogP contribution in [0.4, 0.5) is 11.4 Å². The Morgan fingerprint density at radius 1 is 0.973 bits per heavy atom. The Bertz CT molecular complexity index is 1350. The number of rotatable bonds is 7. The molecule has 2 aromatic rings. The van der Waals surface area contributed by atoms with E-state index in [1.54, 1.807) is 42.5 Å². The largest absolute Gasteiger partial charge is 0.466 e. The third-order valence-corrected chi connectivity index (χ3v) is 6.21.